The number of piperidine rings is 1. The first kappa shape index (κ1) is 7.10. The molecule has 2 aliphatic rings. The van der Waals surface area contributed by atoms with Crippen LogP contribution in [0.25, 0.3) is 0 Å². The topological polar surface area (TPSA) is 32.8 Å². The molecule has 2 rings (SSSR count). The largest absolute Gasteiger partial charge is 0.368 e. The number of amides is 1. The van der Waals surface area contributed by atoms with Gasteiger partial charge in [-0.25, -0.2) is 0 Å². The molecule has 0 N–H and O–H groups in total. The summed E-state index contributed by atoms with van der Waals surface area (Å²) in [6, 6.07) is 0. The Hall–Kier alpha value is -0.570. The first-order chi connectivity index (χ1) is 5.31. The van der Waals surface area contributed by atoms with E-state index in [4.69, 9.17) is 4.74 Å². The van der Waals surface area contributed by atoms with Gasteiger partial charge < -0.3 is 9.64 Å². The fourth-order valence-electron chi connectivity index (χ4n) is 1.64. The minimum atomic E-state index is 0.263. The Labute approximate surface area is 66.3 Å². The van der Waals surface area contributed by atoms with Crippen molar-refractivity contribution in [2.45, 2.75) is 32.0 Å². The minimum Gasteiger partial charge on any atom is -0.368 e. The smallest absolute Gasteiger partial charge is 0.222 e. The molecular formula is C8H13NO2. The number of carbonyl (C=O) groups is 1. The molecule has 0 aromatic heterocycles. The predicted molar refractivity (Wildman–Crippen MR) is 40.1 cm³/mol. The van der Waals surface area contributed by atoms with Crippen LogP contribution in [0.5, 0.6) is 0 Å². The zero-order valence-electron chi connectivity index (χ0n) is 6.75. The van der Waals surface area contributed by atoms with Gasteiger partial charge in [-0.1, -0.05) is 6.92 Å². The monoisotopic (exact) mass is 155 g/mol. The lowest BCUT2D eigenvalue weighted by Gasteiger charge is -2.23. The van der Waals surface area contributed by atoms with Crippen LogP contribution in [0, 0.1) is 0 Å². The number of hydrogen-bond donors (Lipinski definition) is 0. The molecule has 2 atom stereocenters. The Morgan fingerprint density at radius 1 is 1.64 bits per heavy atom. The molecule has 3 heteroatoms. The number of likely N-dealkylation sites (tertiary alicyclic amines) is 1. The Morgan fingerprint density at radius 3 is 3.09 bits per heavy atom. The van der Waals surface area contributed by atoms with Crippen LogP contribution in [0.15, 0.2) is 0 Å². The van der Waals surface area contributed by atoms with Gasteiger partial charge in [0, 0.05) is 19.5 Å². The van der Waals surface area contributed by atoms with Gasteiger partial charge in [-0.05, 0) is 6.42 Å². The highest BCUT2D eigenvalue weighted by molar-refractivity contribution is 5.76. The van der Waals surface area contributed by atoms with Crippen LogP contribution in [0.3, 0.4) is 0 Å². The molecule has 2 fully saturated rings. The Kier molecular flexibility index (Phi) is 1.60. The lowest BCUT2D eigenvalue weighted by molar-refractivity contribution is -0.131. The molecule has 2 heterocycles. The second-order valence-electron chi connectivity index (χ2n) is 3.19. The van der Waals surface area contributed by atoms with Crippen LogP contribution in [-0.2, 0) is 9.53 Å². The summed E-state index contributed by atoms with van der Waals surface area (Å²) in [5.41, 5.74) is 0. The number of ether oxygens (including phenoxy) is 1. The average Bonchev–Trinajstić information content (AvgIpc) is 2.80. The van der Waals surface area contributed by atoms with Crippen molar-refractivity contribution in [3.8, 4) is 0 Å². The molecule has 3 nitrogen and oxygen atoms in total. The highest BCUT2D eigenvalue weighted by Gasteiger charge is 2.44. The van der Waals surface area contributed by atoms with Crippen molar-refractivity contribution in [1.29, 1.82) is 0 Å². The van der Waals surface area contributed by atoms with Gasteiger partial charge in [-0.3, -0.25) is 4.79 Å². The molecule has 0 radical (unpaired) electrons. The fraction of sp³-hybridized carbons (Fsp3) is 0.875. The molecule has 0 unspecified atom stereocenters. The number of rotatable bonds is 1. The standard InChI is InChI=1S/C8H13NO2/c1-2-8(10)9-4-3-6-7(5-9)11-6/h6-7H,2-5H2,1H3/t6-,7-/m1/s1. The van der Waals surface area contributed by atoms with Crippen molar-refractivity contribution in [3.63, 3.8) is 0 Å². The third kappa shape index (κ3) is 1.25. The lowest BCUT2D eigenvalue weighted by atomic mass is 10.1. The van der Waals surface area contributed by atoms with Crippen LogP contribution in [0.4, 0.5) is 0 Å². The van der Waals surface area contributed by atoms with Crippen molar-refractivity contribution in [2.24, 2.45) is 0 Å². The van der Waals surface area contributed by atoms with Crippen LogP contribution < -0.4 is 0 Å². The SMILES string of the molecule is CCC(=O)N1CC[C@H]2O[C@@H]2C1. The van der Waals surface area contributed by atoms with E-state index in [0.29, 0.717) is 18.6 Å². The van der Waals surface area contributed by atoms with Crippen LogP contribution in [0.1, 0.15) is 19.8 Å². The van der Waals surface area contributed by atoms with E-state index in [1.54, 1.807) is 0 Å². The summed E-state index contributed by atoms with van der Waals surface area (Å²) in [4.78, 5) is 13.1. The summed E-state index contributed by atoms with van der Waals surface area (Å²) in [6.45, 7) is 3.63. The zero-order chi connectivity index (χ0) is 7.84. The van der Waals surface area contributed by atoms with Gasteiger partial charge in [0.2, 0.25) is 5.91 Å². The maximum Gasteiger partial charge on any atom is 0.222 e. The summed E-state index contributed by atoms with van der Waals surface area (Å²) in [7, 11) is 0. The van der Waals surface area contributed by atoms with Gasteiger partial charge in [-0.15, -0.1) is 0 Å². The average molecular weight is 155 g/mol. The van der Waals surface area contributed by atoms with Gasteiger partial charge in [0.25, 0.3) is 0 Å². The summed E-state index contributed by atoms with van der Waals surface area (Å²) in [5.74, 6) is 0.263. The maximum absolute atomic E-state index is 11.2. The molecule has 11 heavy (non-hydrogen) atoms. The van der Waals surface area contributed by atoms with E-state index >= 15 is 0 Å². The van der Waals surface area contributed by atoms with E-state index in [1.165, 1.54) is 0 Å². The minimum absolute atomic E-state index is 0.263. The number of hydrogen-bond acceptors (Lipinski definition) is 2. The van der Waals surface area contributed by atoms with E-state index in [-0.39, 0.29) is 5.91 Å². The maximum atomic E-state index is 11.2. The molecule has 2 saturated heterocycles. The molecule has 1 amide bonds. The molecule has 0 aromatic rings. The van der Waals surface area contributed by atoms with Crippen molar-refractivity contribution in [3.05, 3.63) is 0 Å². The third-order valence-electron chi connectivity index (χ3n) is 2.43. The van der Waals surface area contributed by atoms with Gasteiger partial charge in [-0.2, -0.15) is 0 Å². The van der Waals surface area contributed by atoms with E-state index in [0.717, 1.165) is 19.5 Å². The van der Waals surface area contributed by atoms with Crippen molar-refractivity contribution in [2.75, 3.05) is 13.1 Å². The lowest BCUT2D eigenvalue weighted by Crippen LogP contribution is -2.38. The number of fused-ring (bicyclic) bond motifs is 1. The number of carbonyl (C=O) groups excluding carboxylic acids is 1. The van der Waals surface area contributed by atoms with E-state index in [9.17, 15) is 4.79 Å². The third-order valence-corrected chi connectivity index (χ3v) is 2.43. The number of epoxide rings is 1. The first-order valence-corrected chi connectivity index (χ1v) is 4.24. The van der Waals surface area contributed by atoms with E-state index in [1.807, 2.05) is 11.8 Å². The van der Waals surface area contributed by atoms with Crippen LogP contribution >= 0.6 is 0 Å². The molecule has 0 aliphatic carbocycles. The normalized spacial score (nSPS) is 34.8. The molecule has 2 aliphatic heterocycles. The van der Waals surface area contributed by atoms with Crippen molar-refractivity contribution < 1.29 is 9.53 Å². The summed E-state index contributed by atoms with van der Waals surface area (Å²) in [6.07, 6.45) is 2.52. The van der Waals surface area contributed by atoms with Gasteiger partial charge >= 0.3 is 0 Å². The predicted octanol–water partition coefficient (Wildman–Crippen LogP) is 0.396. The molecule has 0 bridgehead atoms. The molecule has 0 aromatic carbocycles. The highest BCUT2D eigenvalue weighted by Crippen LogP contribution is 2.30. The summed E-state index contributed by atoms with van der Waals surface area (Å²) in [5, 5.41) is 0. The van der Waals surface area contributed by atoms with Crippen LogP contribution in [-0.4, -0.2) is 36.1 Å². The Morgan fingerprint density at radius 2 is 2.45 bits per heavy atom. The second-order valence-corrected chi connectivity index (χ2v) is 3.19. The molecule has 62 valence electrons. The van der Waals surface area contributed by atoms with Gasteiger partial charge in [0.05, 0.1) is 6.10 Å². The van der Waals surface area contributed by atoms with E-state index < -0.39 is 0 Å². The van der Waals surface area contributed by atoms with Gasteiger partial charge in [0.15, 0.2) is 0 Å². The molecular weight excluding hydrogens is 142 g/mol. The zero-order valence-corrected chi connectivity index (χ0v) is 6.75. The Bertz CT molecular complexity index is 181. The van der Waals surface area contributed by atoms with E-state index in [2.05, 4.69) is 0 Å². The quantitative estimate of drug-likeness (QED) is 0.513. The first-order valence-electron chi connectivity index (χ1n) is 4.24. The highest BCUT2D eigenvalue weighted by atomic mass is 16.6. The molecule has 0 saturated carbocycles. The van der Waals surface area contributed by atoms with Crippen molar-refractivity contribution in [1.82, 2.24) is 4.90 Å². The summed E-state index contributed by atoms with van der Waals surface area (Å²) < 4.78 is 5.31. The summed E-state index contributed by atoms with van der Waals surface area (Å²) >= 11 is 0. The van der Waals surface area contributed by atoms with Crippen LogP contribution in [0.2, 0.25) is 0 Å². The second kappa shape index (κ2) is 2.48. The fourth-order valence-corrected chi connectivity index (χ4v) is 1.64. The van der Waals surface area contributed by atoms with Gasteiger partial charge in [0.1, 0.15) is 6.10 Å². The number of nitrogens with zero attached hydrogens (tertiary/aromatic N) is 1. The Balaban J connectivity index is 1.89. The van der Waals surface area contributed by atoms with Crippen molar-refractivity contribution >= 4 is 5.91 Å². The molecule has 0 spiro atoms.